The van der Waals surface area contributed by atoms with E-state index in [-0.39, 0.29) is 11.0 Å². The van der Waals surface area contributed by atoms with Crippen LogP contribution in [0.3, 0.4) is 0 Å². The van der Waals surface area contributed by atoms with Crippen LogP contribution in [0.2, 0.25) is 5.02 Å². The molecule has 1 atom stereocenters. The lowest BCUT2D eigenvalue weighted by atomic mass is 9.68. The molecule has 1 N–H and O–H groups in total. The summed E-state index contributed by atoms with van der Waals surface area (Å²) in [6, 6.07) is 14.8. The average Bonchev–Trinajstić information content (AvgIpc) is 2.63. The monoisotopic (exact) mass is 435 g/mol. The third-order valence-corrected chi connectivity index (χ3v) is 7.57. The van der Waals surface area contributed by atoms with Crippen molar-refractivity contribution in [2.45, 2.75) is 57.0 Å². The molecule has 2 aromatic carbocycles. The Balaban J connectivity index is 1.75. The summed E-state index contributed by atoms with van der Waals surface area (Å²) in [6.45, 7) is 7.20. The fraction of sp³-hybridized carbons (Fsp3) is 0.478. The molecule has 1 fully saturated rings. The Morgan fingerprint density at radius 1 is 1.10 bits per heavy atom. The molecule has 4 nitrogen and oxygen atoms in total. The SMILES string of the molecule is Cc1ccc(S(=O)(=O)NCC[C@@]2(Cc3ccccc3Cl)CCOC(C)(C)C2)cc1. The third-order valence-electron chi connectivity index (χ3n) is 5.73. The van der Waals surface area contributed by atoms with Gasteiger partial charge in [0.25, 0.3) is 0 Å². The normalized spacial score (nSPS) is 21.8. The quantitative estimate of drug-likeness (QED) is 0.655. The molecule has 0 unspecified atom stereocenters. The van der Waals surface area contributed by atoms with Gasteiger partial charge in [0, 0.05) is 18.2 Å². The van der Waals surface area contributed by atoms with E-state index in [4.69, 9.17) is 16.3 Å². The van der Waals surface area contributed by atoms with Gasteiger partial charge in [-0.1, -0.05) is 47.5 Å². The van der Waals surface area contributed by atoms with E-state index < -0.39 is 10.0 Å². The molecule has 1 saturated heterocycles. The van der Waals surface area contributed by atoms with Crippen LogP contribution in [-0.4, -0.2) is 27.2 Å². The molecular formula is C23H30ClNO3S. The lowest BCUT2D eigenvalue weighted by Crippen LogP contribution is -2.44. The molecule has 0 bridgehead atoms. The summed E-state index contributed by atoms with van der Waals surface area (Å²) in [5, 5.41) is 0.761. The predicted octanol–water partition coefficient (Wildman–Crippen LogP) is 5.13. The Morgan fingerprint density at radius 3 is 2.45 bits per heavy atom. The maximum Gasteiger partial charge on any atom is 0.240 e. The number of sulfonamides is 1. The van der Waals surface area contributed by atoms with E-state index in [1.807, 2.05) is 37.3 Å². The molecule has 1 aliphatic rings. The summed E-state index contributed by atoms with van der Waals surface area (Å²) in [6.07, 6.45) is 3.28. The Kier molecular flexibility index (Phi) is 6.74. The van der Waals surface area contributed by atoms with Crippen LogP contribution in [0.1, 0.15) is 44.2 Å². The van der Waals surface area contributed by atoms with Crippen LogP contribution in [-0.2, 0) is 21.2 Å². The summed E-state index contributed by atoms with van der Waals surface area (Å²) in [7, 11) is -3.52. The van der Waals surface area contributed by atoms with Gasteiger partial charge in [0.2, 0.25) is 10.0 Å². The van der Waals surface area contributed by atoms with Crippen molar-refractivity contribution in [3.05, 3.63) is 64.7 Å². The Labute approximate surface area is 179 Å². The number of halogens is 1. The lowest BCUT2D eigenvalue weighted by Gasteiger charge is -2.45. The number of hydrogen-bond donors (Lipinski definition) is 1. The van der Waals surface area contributed by atoms with E-state index in [0.717, 1.165) is 41.8 Å². The maximum absolute atomic E-state index is 12.7. The third kappa shape index (κ3) is 5.82. The number of hydrogen-bond acceptors (Lipinski definition) is 3. The van der Waals surface area contributed by atoms with E-state index in [1.54, 1.807) is 12.1 Å². The van der Waals surface area contributed by atoms with Crippen molar-refractivity contribution < 1.29 is 13.2 Å². The van der Waals surface area contributed by atoms with E-state index in [0.29, 0.717) is 18.0 Å². The van der Waals surface area contributed by atoms with Crippen molar-refractivity contribution in [2.75, 3.05) is 13.2 Å². The van der Waals surface area contributed by atoms with Crippen molar-refractivity contribution >= 4 is 21.6 Å². The number of benzene rings is 2. The Morgan fingerprint density at radius 2 is 1.79 bits per heavy atom. The number of rotatable bonds is 7. The van der Waals surface area contributed by atoms with E-state index >= 15 is 0 Å². The summed E-state index contributed by atoms with van der Waals surface area (Å²) >= 11 is 6.43. The molecule has 29 heavy (non-hydrogen) atoms. The molecular weight excluding hydrogens is 406 g/mol. The summed E-state index contributed by atoms with van der Waals surface area (Å²) in [5.74, 6) is 0. The first-order chi connectivity index (χ1) is 13.6. The van der Waals surface area contributed by atoms with Gasteiger partial charge in [0.15, 0.2) is 0 Å². The van der Waals surface area contributed by atoms with Crippen molar-refractivity contribution in [2.24, 2.45) is 5.41 Å². The van der Waals surface area contributed by atoms with Gasteiger partial charge in [-0.2, -0.15) is 0 Å². The minimum atomic E-state index is -3.52. The molecule has 0 radical (unpaired) electrons. The molecule has 2 aromatic rings. The van der Waals surface area contributed by atoms with E-state index in [1.165, 1.54) is 0 Å². The van der Waals surface area contributed by atoms with Crippen LogP contribution in [0.25, 0.3) is 0 Å². The van der Waals surface area contributed by atoms with Crippen LogP contribution in [0.5, 0.6) is 0 Å². The summed E-state index contributed by atoms with van der Waals surface area (Å²) in [5.41, 5.74) is 1.83. The van der Waals surface area contributed by atoms with Crippen molar-refractivity contribution in [1.29, 1.82) is 0 Å². The fourth-order valence-corrected chi connectivity index (χ4v) is 5.57. The molecule has 0 spiro atoms. The highest BCUT2D eigenvalue weighted by molar-refractivity contribution is 7.89. The zero-order valence-corrected chi connectivity index (χ0v) is 18.9. The standard InChI is InChI=1S/C23H30ClNO3S/c1-18-8-10-20(11-9-18)29(26,27)25-14-12-23(13-15-28-22(2,3)17-23)16-19-6-4-5-7-21(19)24/h4-11,25H,12-17H2,1-3H3/t23-/m0/s1. The minimum absolute atomic E-state index is 0.0669. The highest BCUT2D eigenvalue weighted by Gasteiger charge is 2.41. The molecule has 0 amide bonds. The van der Waals surface area contributed by atoms with Gasteiger partial charge in [0.05, 0.1) is 10.5 Å². The smallest absolute Gasteiger partial charge is 0.240 e. The molecule has 3 rings (SSSR count). The van der Waals surface area contributed by atoms with Crippen molar-refractivity contribution in [3.63, 3.8) is 0 Å². The molecule has 0 aromatic heterocycles. The zero-order chi connectivity index (χ0) is 21.1. The first kappa shape index (κ1) is 22.3. The van der Waals surface area contributed by atoms with Crippen LogP contribution < -0.4 is 4.72 Å². The largest absolute Gasteiger partial charge is 0.376 e. The van der Waals surface area contributed by atoms with Gasteiger partial charge in [-0.15, -0.1) is 0 Å². The van der Waals surface area contributed by atoms with Gasteiger partial charge in [-0.05, 0) is 75.6 Å². The number of ether oxygens (including phenoxy) is 1. The molecule has 1 aliphatic heterocycles. The second-order valence-corrected chi connectivity index (χ2v) is 10.9. The van der Waals surface area contributed by atoms with Gasteiger partial charge < -0.3 is 4.74 Å². The highest BCUT2D eigenvalue weighted by atomic mass is 35.5. The van der Waals surface area contributed by atoms with E-state index in [9.17, 15) is 8.42 Å². The Bertz CT molecular complexity index is 941. The maximum atomic E-state index is 12.7. The average molecular weight is 436 g/mol. The summed E-state index contributed by atoms with van der Waals surface area (Å²) in [4.78, 5) is 0.301. The second kappa shape index (κ2) is 8.76. The molecule has 6 heteroatoms. The topological polar surface area (TPSA) is 55.4 Å². The number of aryl methyl sites for hydroxylation is 1. The lowest BCUT2D eigenvalue weighted by molar-refractivity contribution is -0.106. The van der Waals surface area contributed by atoms with Crippen LogP contribution in [0.4, 0.5) is 0 Å². The van der Waals surface area contributed by atoms with Crippen molar-refractivity contribution in [1.82, 2.24) is 4.72 Å². The Hall–Kier alpha value is -1.40. The predicted molar refractivity (Wildman–Crippen MR) is 118 cm³/mol. The van der Waals surface area contributed by atoms with E-state index in [2.05, 4.69) is 24.6 Å². The van der Waals surface area contributed by atoms with Gasteiger partial charge in [-0.3, -0.25) is 0 Å². The van der Waals surface area contributed by atoms with Crippen LogP contribution >= 0.6 is 11.6 Å². The van der Waals surface area contributed by atoms with Gasteiger partial charge in [0.1, 0.15) is 0 Å². The summed E-state index contributed by atoms with van der Waals surface area (Å²) < 4.78 is 34.1. The molecule has 0 aliphatic carbocycles. The zero-order valence-electron chi connectivity index (χ0n) is 17.4. The molecule has 0 saturated carbocycles. The van der Waals surface area contributed by atoms with Crippen LogP contribution in [0, 0.1) is 12.3 Å². The highest BCUT2D eigenvalue weighted by Crippen LogP contribution is 2.44. The fourth-order valence-electron chi connectivity index (χ4n) is 4.34. The second-order valence-electron chi connectivity index (χ2n) is 8.76. The van der Waals surface area contributed by atoms with Gasteiger partial charge >= 0.3 is 0 Å². The minimum Gasteiger partial charge on any atom is -0.376 e. The molecule has 1 heterocycles. The molecule has 158 valence electrons. The van der Waals surface area contributed by atoms with Crippen LogP contribution in [0.15, 0.2) is 53.4 Å². The first-order valence-electron chi connectivity index (χ1n) is 10.0. The van der Waals surface area contributed by atoms with Gasteiger partial charge in [-0.25, -0.2) is 13.1 Å². The first-order valence-corrected chi connectivity index (χ1v) is 11.9. The van der Waals surface area contributed by atoms with Crippen molar-refractivity contribution in [3.8, 4) is 0 Å². The number of nitrogens with one attached hydrogen (secondary N) is 1.